The molecular weight excluding hydrogens is 346 g/mol. The summed E-state index contributed by atoms with van der Waals surface area (Å²) < 4.78 is 0. The first kappa shape index (κ1) is 18.0. The number of aryl methyl sites for hydroxylation is 2. The van der Waals surface area contributed by atoms with Crippen molar-refractivity contribution in [2.45, 2.75) is 20.4 Å². The molecule has 2 N–H and O–H groups in total. The highest BCUT2D eigenvalue weighted by Crippen LogP contribution is 2.23. The maximum atomic E-state index is 12.4. The Balaban J connectivity index is 1.69. The van der Waals surface area contributed by atoms with Gasteiger partial charge in [-0.2, -0.15) is 0 Å². The van der Waals surface area contributed by atoms with Crippen molar-refractivity contribution >= 4 is 28.9 Å². The van der Waals surface area contributed by atoms with Crippen LogP contribution in [0.4, 0.5) is 11.4 Å². The van der Waals surface area contributed by atoms with E-state index in [1.165, 1.54) is 0 Å². The number of amides is 1. The van der Waals surface area contributed by atoms with Gasteiger partial charge in [0, 0.05) is 23.5 Å². The second kappa shape index (κ2) is 8.02. The van der Waals surface area contributed by atoms with Crippen molar-refractivity contribution in [2.75, 3.05) is 5.32 Å². The third-order valence-corrected chi connectivity index (χ3v) is 4.57. The predicted octanol–water partition coefficient (Wildman–Crippen LogP) is 5.03. The minimum absolute atomic E-state index is 0.161. The van der Waals surface area contributed by atoms with Crippen LogP contribution in [0.5, 0.6) is 0 Å². The Kier molecular flexibility index (Phi) is 5.54. The zero-order valence-corrected chi connectivity index (χ0v) is 15.5. The fraction of sp³-hybridized carbons (Fsp3) is 0.143. The summed E-state index contributed by atoms with van der Waals surface area (Å²) in [5, 5.41) is 6.85. The molecule has 0 saturated heterocycles. The van der Waals surface area contributed by atoms with Gasteiger partial charge in [-0.1, -0.05) is 41.9 Å². The largest absolute Gasteiger partial charge is 0.354 e. The summed E-state index contributed by atoms with van der Waals surface area (Å²) in [4.78, 5) is 16.6. The summed E-state index contributed by atoms with van der Waals surface area (Å²) in [6.07, 6.45) is 3.23. The Bertz CT molecular complexity index is 940. The molecule has 0 radical (unpaired) electrons. The molecule has 0 aliphatic rings. The van der Waals surface area contributed by atoms with E-state index in [2.05, 4.69) is 15.6 Å². The van der Waals surface area contributed by atoms with Crippen LogP contribution in [0.3, 0.4) is 0 Å². The number of carbonyl (C=O) groups excluding carboxylic acids is 1. The second-order valence-electron chi connectivity index (χ2n) is 6.16. The van der Waals surface area contributed by atoms with Gasteiger partial charge in [-0.3, -0.25) is 9.78 Å². The minimum Gasteiger partial charge on any atom is -0.354 e. The van der Waals surface area contributed by atoms with Gasteiger partial charge >= 0.3 is 0 Å². The lowest BCUT2D eigenvalue weighted by Gasteiger charge is -2.10. The maximum absolute atomic E-state index is 12.4. The normalized spacial score (nSPS) is 10.4. The van der Waals surface area contributed by atoms with Crippen LogP contribution < -0.4 is 10.6 Å². The molecule has 0 unspecified atom stereocenters. The summed E-state index contributed by atoms with van der Waals surface area (Å²) >= 11 is 6.15. The molecule has 1 amide bonds. The number of anilines is 2. The van der Waals surface area contributed by atoms with Crippen molar-refractivity contribution in [3.8, 4) is 0 Å². The van der Waals surface area contributed by atoms with Crippen LogP contribution in [0.2, 0.25) is 5.02 Å². The van der Waals surface area contributed by atoms with Crippen molar-refractivity contribution in [1.29, 1.82) is 0 Å². The van der Waals surface area contributed by atoms with E-state index >= 15 is 0 Å². The predicted molar refractivity (Wildman–Crippen MR) is 106 cm³/mol. The maximum Gasteiger partial charge on any atom is 0.253 e. The Morgan fingerprint density at radius 2 is 1.81 bits per heavy atom. The lowest BCUT2D eigenvalue weighted by molar-refractivity contribution is 0.0950. The molecule has 0 fully saturated rings. The van der Waals surface area contributed by atoms with Crippen LogP contribution in [0.15, 0.2) is 60.9 Å². The molecule has 0 bridgehead atoms. The smallest absolute Gasteiger partial charge is 0.253 e. The molecule has 0 spiro atoms. The molecule has 2 aromatic carbocycles. The number of hydrogen-bond acceptors (Lipinski definition) is 3. The fourth-order valence-electron chi connectivity index (χ4n) is 2.56. The van der Waals surface area contributed by atoms with Gasteiger partial charge in [-0.25, -0.2) is 0 Å². The van der Waals surface area contributed by atoms with Crippen molar-refractivity contribution in [3.63, 3.8) is 0 Å². The first-order valence-corrected chi connectivity index (χ1v) is 8.71. The first-order valence-electron chi connectivity index (χ1n) is 8.34. The molecule has 3 rings (SSSR count). The average molecular weight is 366 g/mol. The van der Waals surface area contributed by atoms with E-state index in [4.69, 9.17) is 11.6 Å². The van der Waals surface area contributed by atoms with Crippen LogP contribution >= 0.6 is 11.6 Å². The Labute approximate surface area is 158 Å². The lowest BCUT2D eigenvalue weighted by Crippen LogP contribution is -2.23. The number of nitrogens with zero attached hydrogens (tertiary/aromatic N) is 1. The third-order valence-electron chi connectivity index (χ3n) is 4.16. The lowest BCUT2D eigenvalue weighted by atomic mass is 10.1. The van der Waals surface area contributed by atoms with E-state index in [9.17, 15) is 4.79 Å². The summed E-state index contributed by atoms with van der Waals surface area (Å²) in [7, 11) is 0. The van der Waals surface area contributed by atoms with Crippen LogP contribution in [0, 0.1) is 13.8 Å². The molecule has 5 heteroatoms. The molecule has 0 aliphatic heterocycles. The van der Waals surface area contributed by atoms with Crippen LogP contribution in [0.25, 0.3) is 0 Å². The summed E-state index contributed by atoms with van der Waals surface area (Å²) in [6.45, 7) is 4.46. The Morgan fingerprint density at radius 1 is 1.00 bits per heavy atom. The van der Waals surface area contributed by atoms with Crippen molar-refractivity contribution in [1.82, 2.24) is 10.3 Å². The first-order chi connectivity index (χ1) is 12.5. The molecule has 0 saturated carbocycles. The minimum atomic E-state index is -0.161. The zero-order chi connectivity index (χ0) is 18.5. The molecule has 3 aromatic rings. The standard InChI is InChI=1S/C21H20ClN3O/c1-14-5-3-4-6-16(14)12-24-21(26)17-9-19(13-23-11-17)25-18-8-7-15(2)20(22)10-18/h3-11,13,25H,12H2,1-2H3,(H,24,26). The monoisotopic (exact) mass is 365 g/mol. The SMILES string of the molecule is Cc1ccc(Nc2cncc(C(=O)NCc3ccccc3C)c2)cc1Cl. The highest BCUT2D eigenvalue weighted by Gasteiger charge is 2.08. The van der Waals surface area contributed by atoms with Gasteiger partial charge < -0.3 is 10.6 Å². The molecule has 0 atom stereocenters. The van der Waals surface area contributed by atoms with Gasteiger partial charge in [-0.05, 0) is 48.7 Å². The van der Waals surface area contributed by atoms with Gasteiger partial charge in [0.25, 0.3) is 5.91 Å². The van der Waals surface area contributed by atoms with Crippen molar-refractivity contribution in [2.24, 2.45) is 0 Å². The van der Waals surface area contributed by atoms with Gasteiger partial charge in [0.2, 0.25) is 0 Å². The summed E-state index contributed by atoms with van der Waals surface area (Å²) in [5.74, 6) is -0.161. The highest BCUT2D eigenvalue weighted by atomic mass is 35.5. The van der Waals surface area contributed by atoms with Crippen molar-refractivity contribution in [3.05, 3.63) is 88.2 Å². The fourth-order valence-corrected chi connectivity index (χ4v) is 2.74. The second-order valence-corrected chi connectivity index (χ2v) is 6.57. The molecule has 1 heterocycles. The number of rotatable bonds is 5. The number of aromatic nitrogens is 1. The van der Waals surface area contributed by atoms with Crippen LogP contribution in [-0.2, 0) is 6.54 Å². The quantitative estimate of drug-likeness (QED) is 0.667. The van der Waals surface area contributed by atoms with E-state index in [1.54, 1.807) is 18.5 Å². The van der Waals surface area contributed by atoms with Crippen LogP contribution in [-0.4, -0.2) is 10.9 Å². The molecule has 132 valence electrons. The van der Waals surface area contributed by atoms with Gasteiger partial charge in [0.1, 0.15) is 0 Å². The van der Waals surface area contributed by atoms with Gasteiger partial charge in [0.05, 0.1) is 17.4 Å². The van der Waals surface area contributed by atoms with E-state index in [0.29, 0.717) is 17.1 Å². The molecule has 4 nitrogen and oxygen atoms in total. The highest BCUT2D eigenvalue weighted by molar-refractivity contribution is 6.31. The van der Waals surface area contributed by atoms with Crippen molar-refractivity contribution < 1.29 is 4.79 Å². The number of benzene rings is 2. The Morgan fingerprint density at radius 3 is 2.58 bits per heavy atom. The topological polar surface area (TPSA) is 54.0 Å². The van der Waals surface area contributed by atoms with E-state index < -0.39 is 0 Å². The summed E-state index contributed by atoms with van der Waals surface area (Å²) in [6, 6.07) is 15.5. The van der Waals surface area contributed by atoms with E-state index in [1.807, 2.05) is 56.3 Å². The number of pyridine rings is 1. The summed E-state index contributed by atoms with van der Waals surface area (Å²) in [5.41, 5.74) is 5.34. The number of carbonyl (C=O) groups is 1. The molecule has 1 aromatic heterocycles. The van der Waals surface area contributed by atoms with E-state index in [-0.39, 0.29) is 5.91 Å². The number of nitrogens with one attached hydrogen (secondary N) is 2. The molecule has 0 aliphatic carbocycles. The van der Waals surface area contributed by atoms with Crippen LogP contribution in [0.1, 0.15) is 27.0 Å². The zero-order valence-electron chi connectivity index (χ0n) is 14.7. The van der Waals surface area contributed by atoms with Gasteiger partial charge in [-0.15, -0.1) is 0 Å². The number of halogens is 1. The average Bonchev–Trinajstić information content (AvgIpc) is 2.64. The number of hydrogen-bond donors (Lipinski definition) is 2. The molecule has 26 heavy (non-hydrogen) atoms. The van der Waals surface area contributed by atoms with Gasteiger partial charge in [0.15, 0.2) is 0 Å². The third kappa shape index (κ3) is 4.41. The Hall–Kier alpha value is -2.85. The molecular formula is C21H20ClN3O. The van der Waals surface area contributed by atoms with E-state index in [0.717, 1.165) is 28.1 Å².